The number of fused-ring (bicyclic) bond motifs is 1. The van der Waals surface area contributed by atoms with E-state index in [1.54, 1.807) is 18.2 Å². The molecule has 156 valence electrons. The summed E-state index contributed by atoms with van der Waals surface area (Å²) in [7, 11) is 1.54. The summed E-state index contributed by atoms with van der Waals surface area (Å²) in [6, 6.07) is 14.1. The van der Waals surface area contributed by atoms with Gasteiger partial charge in [0, 0.05) is 42.8 Å². The number of carbonyl (C=O) groups is 1. The van der Waals surface area contributed by atoms with Gasteiger partial charge in [-0.25, -0.2) is 0 Å². The van der Waals surface area contributed by atoms with Crippen molar-refractivity contribution in [1.82, 2.24) is 10.2 Å². The van der Waals surface area contributed by atoms with Gasteiger partial charge in [0.25, 0.3) is 5.91 Å². The molecule has 7 heteroatoms. The van der Waals surface area contributed by atoms with Gasteiger partial charge in [0.2, 0.25) is 0 Å². The Hall–Kier alpha value is -2.83. The third-order valence-electron chi connectivity index (χ3n) is 5.43. The van der Waals surface area contributed by atoms with Crippen LogP contribution >= 0.6 is 11.6 Å². The van der Waals surface area contributed by atoms with Crippen molar-refractivity contribution in [1.29, 1.82) is 0 Å². The number of methoxy groups -OCH3 is 1. The number of nitrogens with one attached hydrogen (secondary N) is 1. The summed E-state index contributed by atoms with van der Waals surface area (Å²) in [5, 5.41) is 4.19. The zero-order valence-electron chi connectivity index (χ0n) is 16.7. The highest BCUT2D eigenvalue weighted by Gasteiger charge is 2.23. The minimum absolute atomic E-state index is 0.0132. The molecule has 1 amide bonds. The number of carbonyl (C=O) groups excluding carboxylic acids is 1. The molecule has 0 bridgehead atoms. The lowest BCUT2D eigenvalue weighted by Gasteiger charge is -2.32. The van der Waals surface area contributed by atoms with Crippen LogP contribution in [0.1, 0.15) is 29.0 Å². The van der Waals surface area contributed by atoms with Crippen molar-refractivity contribution in [2.24, 2.45) is 0 Å². The number of halogens is 1. The van der Waals surface area contributed by atoms with Gasteiger partial charge in [-0.15, -0.1) is 0 Å². The van der Waals surface area contributed by atoms with Crippen molar-refractivity contribution < 1.29 is 13.9 Å². The Bertz CT molecular complexity index is 1120. The van der Waals surface area contributed by atoms with Crippen LogP contribution in [0.25, 0.3) is 11.0 Å². The summed E-state index contributed by atoms with van der Waals surface area (Å²) < 4.78 is 10.9. The summed E-state index contributed by atoms with van der Waals surface area (Å²) in [4.78, 5) is 27.3. The number of likely N-dealkylation sites (tertiary alicyclic amines) is 1. The number of ether oxygens (including phenoxy) is 1. The Kier molecular flexibility index (Phi) is 6.06. The number of rotatable bonds is 5. The first kappa shape index (κ1) is 20.4. The molecule has 6 nitrogen and oxygen atoms in total. The first-order valence-corrected chi connectivity index (χ1v) is 10.3. The lowest BCUT2D eigenvalue weighted by Crippen LogP contribution is -2.44. The predicted molar refractivity (Wildman–Crippen MR) is 116 cm³/mol. The number of piperidine rings is 1. The molecule has 0 spiro atoms. The van der Waals surface area contributed by atoms with Gasteiger partial charge in [-0.3, -0.25) is 14.5 Å². The summed E-state index contributed by atoms with van der Waals surface area (Å²) >= 11 is 6.25. The number of hydrogen-bond donors (Lipinski definition) is 1. The molecule has 30 heavy (non-hydrogen) atoms. The molecule has 0 saturated carbocycles. The fourth-order valence-electron chi connectivity index (χ4n) is 3.73. The van der Waals surface area contributed by atoms with Crippen molar-refractivity contribution >= 4 is 28.5 Å². The summed E-state index contributed by atoms with van der Waals surface area (Å²) in [6.07, 6.45) is 1.64. The zero-order valence-corrected chi connectivity index (χ0v) is 17.4. The molecule has 1 aromatic heterocycles. The van der Waals surface area contributed by atoms with E-state index in [9.17, 15) is 9.59 Å². The third kappa shape index (κ3) is 4.50. The van der Waals surface area contributed by atoms with Crippen LogP contribution in [-0.4, -0.2) is 37.0 Å². The molecule has 1 aliphatic heterocycles. The Morgan fingerprint density at radius 2 is 1.97 bits per heavy atom. The smallest absolute Gasteiger partial charge is 0.287 e. The minimum Gasteiger partial charge on any atom is -0.497 e. The molecule has 1 aliphatic rings. The van der Waals surface area contributed by atoms with E-state index in [1.807, 2.05) is 24.3 Å². The minimum atomic E-state index is -0.374. The van der Waals surface area contributed by atoms with Crippen molar-refractivity contribution in [3.05, 3.63) is 75.1 Å². The summed E-state index contributed by atoms with van der Waals surface area (Å²) in [5.41, 5.74) is 1.19. The maximum atomic E-state index is 12.7. The molecular weight excluding hydrogens is 404 g/mol. The van der Waals surface area contributed by atoms with Gasteiger partial charge in [-0.05, 0) is 36.6 Å². The molecule has 0 radical (unpaired) electrons. The first-order chi connectivity index (χ1) is 14.5. The maximum absolute atomic E-state index is 12.7. The van der Waals surface area contributed by atoms with Crippen LogP contribution in [0.15, 0.2) is 57.7 Å². The lowest BCUT2D eigenvalue weighted by atomic mass is 10.0. The molecule has 1 fully saturated rings. The fraction of sp³-hybridized carbons (Fsp3) is 0.304. The van der Waals surface area contributed by atoms with Gasteiger partial charge in [-0.1, -0.05) is 29.8 Å². The van der Waals surface area contributed by atoms with Gasteiger partial charge in [0.15, 0.2) is 11.2 Å². The normalized spacial score (nSPS) is 15.3. The van der Waals surface area contributed by atoms with Crippen LogP contribution in [0.4, 0.5) is 0 Å². The largest absolute Gasteiger partial charge is 0.497 e. The first-order valence-electron chi connectivity index (χ1n) is 9.92. The highest BCUT2D eigenvalue weighted by atomic mass is 35.5. The average molecular weight is 427 g/mol. The molecule has 2 heterocycles. The van der Waals surface area contributed by atoms with E-state index in [0.29, 0.717) is 16.7 Å². The zero-order chi connectivity index (χ0) is 21.1. The standard InChI is InChI=1S/C23H23ClN2O4/c1-29-17-6-7-18-20(27)13-22(30-21(18)12-17)23(28)25-16-8-10-26(11-9-16)14-15-4-2-3-5-19(15)24/h2-7,12-13,16H,8-11,14H2,1H3,(H,25,28). The van der Waals surface area contributed by atoms with E-state index in [1.165, 1.54) is 13.2 Å². The van der Waals surface area contributed by atoms with E-state index >= 15 is 0 Å². The number of amides is 1. The van der Waals surface area contributed by atoms with Crippen molar-refractivity contribution in [3.8, 4) is 5.75 Å². The van der Waals surface area contributed by atoms with Gasteiger partial charge in [0.05, 0.1) is 12.5 Å². The highest BCUT2D eigenvalue weighted by molar-refractivity contribution is 6.31. The number of benzene rings is 2. The Labute approximate surface area is 179 Å². The van der Waals surface area contributed by atoms with E-state index in [2.05, 4.69) is 10.2 Å². The molecular formula is C23H23ClN2O4. The topological polar surface area (TPSA) is 71.8 Å². The SMILES string of the molecule is COc1ccc2c(=O)cc(C(=O)NC3CCN(Cc4ccccc4Cl)CC3)oc2c1. The van der Waals surface area contributed by atoms with Gasteiger partial charge < -0.3 is 14.5 Å². The Balaban J connectivity index is 1.39. The fourth-order valence-corrected chi connectivity index (χ4v) is 3.93. The summed E-state index contributed by atoms with van der Waals surface area (Å²) in [6.45, 7) is 2.51. The monoisotopic (exact) mass is 426 g/mol. The van der Waals surface area contributed by atoms with Crippen LogP contribution in [0, 0.1) is 0 Å². The molecule has 1 saturated heterocycles. The Morgan fingerprint density at radius 1 is 1.20 bits per heavy atom. The molecule has 4 rings (SSSR count). The second-order valence-corrected chi connectivity index (χ2v) is 7.86. The van der Waals surface area contributed by atoms with E-state index in [4.69, 9.17) is 20.8 Å². The number of hydrogen-bond acceptors (Lipinski definition) is 5. The average Bonchev–Trinajstić information content (AvgIpc) is 2.76. The molecule has 2 aromatic carbocycles. The van der Waals surface area contributed by atoms with E-state index < -0.39 is 0 Å². The van der Waals surface area contributed by atoms with Crippen molar-refractivity contribution in [3.63, 3.8) is 0 Å². The van der Waals surface area contributed by atoms with E-state index in [-0.39, 0.29) is 23.1 Å². The molecule has 1 N–H and O–H groups in total. The van der Waals surface area contributed by atoms with Crippen molar-refractivity contribution in [2.45, 2.75) is 25.4 Å². The van der Waals surface area contributed by atoms with Gasteiger partial charge in [0.1, 0.15) is 11.3 Å². The van der Waals surface area contributed by atoms with Crippen molar-refractivity contribution in [2.75, 3.05) is 20.2 Å². The predicted octanol–water partition coefficient (Wildman–Crippen LogP) is 3.85. The molecule has 0 atom stereocenters. The maximum Gasteiger partial charge on any atom is 0.287 e. The quantitative estimate of drug-likeness (QED) is 0.671. The second-order valence-electron chi connectivity index (χ2n) is 7.45. The molecule has 0 unspecified atom stereocenters. The second kappa shape index (κ2) is 8.90. The van der Waals surface area contributed by atoms with Crippen LogP contribution in [0.3, 0.4) is 0 Å². The highest BCUT2D eigenvalue weighted by Crippen LogP contribution is 2.21. The van der Waals surface area contributed by atoms with Crippen LogP contribution in [-0.2, 0) is 6.54 Å². The van der Waals surface area contributed by atoms with Crippen LogP contribution in [0.5, 0.6) is 5.75 Å². The number of nitrogens with zero attached hydrogens (tertiary/aromatic N) is 1. The molecule has 3 aromatic rings. The van der Waals surface area contributed by atoms with Gasteiger partial charge >= 0.3 is 0 Å². The lowest BCUT2D eigenvalue weighted by molar-refractivity contribution is 0.0881. The third-order valence-corrected chi connectivity index (χ3v) is 5.80. The van der Waals surface area contributed by atoms with Crippen LogP contribution < -0.4 is 15.5 Å². The molecule has 0 aliphatic carbocycles. The van der Waals surface area contributed by atoms with Crippen LogP contribution in [0.2, 0.25) is 5.02 Å². The van der Waals surface area contributed by atoms with E-state index in [0.717, 1.165) is 43.1 Å². The Morgan fingerprint density at radius 3 is 2.70 bits per heavy atom. The summed E-state index contributed by atoms with van der Waals surface area (Å²) in [5.74, 6) is 0.203. The van der Waals surface area contributed by atoms with Gasteiger partial charge in [-0.2, -0.15) is 0 Å².